The Morgan fingerprint density at radius 3 is 3.00 bits per heavy atom. The number of hydrogen-bond donors (Lipinski definition) is 3. The smallest absolute Gasteiger partial charge is 0.268 e. The minimum Gasteiger partial charge on any atom is -0.506 e. The molecule has 1 heterocycles. The van der Waals surface area contributed by atoms with Crippen molar-refractivity contribution in [2.75, 3.05) is 5.73 Å². The van der Waals surface area contributed by atoms with E-state index in [9.17, 15) is 9.90 Å². The SMILES string of the molecule is Nc1c(O)cccc1Oc1nc[nH]c(=O)c1Br. The Balaban J connectivity index is 2.42. The Bertz CT molecular complexity index is 612. The summed E-state index contributed by atoms with van der Waals surface area (Å²) in [6.45, 7) is 0. The number of para-hydroxylation sites is 1. The lowest BCUT2D eigenvalue weighted by atomic mass is 10.3. The molecule has 0 saturated carbocycles. The number of hydrogen-bond acceptors (Lipinski definition) is 5. The maximum Gasteiger partial charge on any atom is 0.268 e. The third-order valence-corrected chi connectivity index (χ3v) is 2.71. The molecule has 0 bridgehead atoms. The lowest BCUT2D eigenvalue weighted by Gasteiger charge is -2.08. The molecule has 0 amide bonds. The fourth-order valence-electron chi connectivity index (χ4n) is 1.16. The number of ether oxygens (including phenoxy) is 1. The van der Waals surface area contributed by atoms with Crippen molar-refractivity contribution in [1.82, 2.24) is 9.97 Å². The van der Waals surface area contributed by atoms with Gasteiger partial charge in [-0.1, -0.05) is 6.07 Å². The van der Waals surface area contributed by atoms with Crippen LogP contribution in [-0.2, 0) is 0 Å². The monoisotopic (exact) mass is 297 g/mol. The number of rotatable bonds is 2. The van der Waals surface area contributed by atoms with Crippen LogP contribution in [0, 0.1) is 0 Å². The Morgan fingerprint density at radius 2 is 2.24 bits per heavy atom. The number of H-pyrrole nitrogens is 1. The summed E-state index contributed by atoms with van der Waals surface area (Å²) in [6.07, 6.45) is 1.21. The van der Waals surface area contributed by atoms with Crippen molar-refractivity contribution in [3.8, 4) is 17.4 Å². The average Bonchev–Trinajstić information content (AvgIpc) is 2.31. The first-order chi connectivity index (χ1) is 8.09. The minimum absolute atomic E-state index is 0.0750. The molecule has 1 aromatic carbocycles. The Kier molecular flexibility index (Phi) is 3.01. The molecule has 2 aromatic rings. The number of aromatic hydroxyl groups is 1. The topological polar surface area (TPSA) is 101 Å². The third-order valence-electron chi connectivity index (χ3n) is 2.01. The number of nitrogen functional groups attached to an aromatic ring is 1. The van der Waals surface area contributed by atoms with Crippen LogP contribution in [0.2, 0.25) is 0 Å². The molecule has 4 N–H and O–H groups in total. The second-order valence-electron chi connectivity index (χ2n) is 3.14. The van der Waals surface area contributed by atoms with Crippen molar-refractivity contribution < 1.29 is 9.84 Å². The number of aromatic amines is 1. The van der Waals surface area contributed by atoms with Crippen LogP contribution in [0.3, 0.4) is 0 Å². The molecule has 88 valence electrons. The number of anilines is 1. The first-order valence-corrected chi connectivity index (χ1v) is 5.37. The van der Waals surface area contributed by atoms with Gasteiger partial charge in [-0.15, -0.1) is 0 Å². The van der Waals surface area contributed by atoms with Gasteiger partial charge in [0.2, 0.25) is 5.88 Å². The highest BCUT2D eigenvalue weighted by Gasteiger charge is 2.11. The number of nitrogens with zero attached hydrogens (tertiary/aromatic N) is 1. The highest BCUT2D eigenvalue weighted by molar-refractivity contribution is 9.10. The van der Waals surface area contributed by atoms with Crippen LogP contribution in [0.4, 0.5) is 5.69 Å². The van der Waals surface area contributed by atoms with Gasteiger partial charge in [0.05, 0.1) is 6.33 Å². The van der Waals surface area contributed by atoms with Crippen LogP contribution in [0.15, 0.2) is 33.8 Å². The molecule has 6 nitrogen and oxygen atoms in total. The highest BCUT2D eigenvalue weighted by Crippen LogP contribution is 2.34. The van der Waals surface area contributed by atoms with E-state index in [0.717, 1.165) is 0 Å². The number of benzene rings is 1. The first-order valence-electron chi connectivity index (χ1n) is 4.58. The van der Waals surface area contributed by atoms with Gasteiger partial charge in [0.15, 0.2) is 5.75 Å². The summed E-state index contributed by atoms with van der Waals surface area (Å²) in [6, 6.07) is 4.56. The van der Waals surface area contributed by atoms with Gasteiger partial charge in [-0.3, -0.25) is 4.79 Å². The maximum absolute atomic E-state index is 11.3. The van der Waals surface area contributed by atoms with E-state index < -0.39 is 0 Å². The Morgan fingerprint density at radius 1 is 1.47 bits per heavy atom. The molecule has 2 rings (SSSR count). The number of halogens is 1. The van der Waals surface area contributed by atoms with Crippen LogP contribution >= 0.6 is 15.9 Å². The number of aromatic nitrogens is 2. The first kappa shape index (κ1) is 11.5. The number of nitrogens with one attached hydrogen (secondary N) is 1. The fraction of sp³-hybridized carbons (Fsp3) is 0. The highest BCUT2D eigenvalue weighted by atomic mass is 79.9. The zero-order valence-corrected chi connectivity index (χ0v) is 10.1. The predicted octanol–water partition coefficient (Wildman–Crippen LogP) is 1.61. The number of phenolic OH excluding ortho intramolecular Hbond substituents is 1. The van der Waals surface area contributed by atoms with E-state index >= 15 is 0 Å². The van der Waals surface area contributed by atoms with Crippen LogP contribution < -0.4 is 16.0 Å². The average molecular weight is 298 g/mol. The maximum atomic E-state index is 11.3. The molecule has 0 atom stereocenters. The van der Waals surface area contributed by atoms with E-state index in [-0.39, 0.29) is 33.1 Å². The molecule has 0 aliphatic rings. The van der Waals surface area contributed by atoms with E-state index in [4.69, 9.17) is 10.5 Å². The van der Waals surface area contributed by atoms with Crippen LogP contribution in [0.25, 0.3) is 0 Å². The zero-order chi connectivity index (χ0) is 12.4. The quantitative estimate of drug-likeness (QED) is 0.577. The van der Waals surface area contributed by atoms with Gasteiger partial charge in [0, 0.05) is 0 Å². The fourth-order valence-corrected chi connectivity index (χ4v) is 1.46. The lowest BCUT2D eigenvalue weighted by molar-refractivity contribution is 0.446. The van der Waals surface area contributed by atoms with Crippen LogP contribution in [0.5, 0.6) is 17.4 Å². The molecular formula is C10H8BrN3O3. The van der Waals surface area contributed by atoms with E-state index in [1.807, 2.05) is 0 Å². The second-order valence-corrected chi connectivity index (χ2v) is 3.93. The van der Waals surface area contributed by atoms with Gasteiger partial charge in [-0.05, 0) is 28.1 Å². The summed E-state index contributed by atoms with van der Waals surface area (Å²) in [5, 5.41) is 9.40. The van der Waals surface area contributed by atoms with Crippen molar-refractivity contribution in [3.63, 3.8) is 0 Å². The summed E-state index contributed by atoms with van der Waals surface area (Å²) in [4.78, 5) is 17.5. The number of nitrogens with two attached hydrogens (primary N) is 1. The molecule has 0 aliphatic carbocycles. The molecule has 0 fully saturated rings. The largest absolute Gasteiger partial charge is 0.506 e. The summed E-state index contributed by atoms with van der Waals surface area (Å²) >= 11 is 3.05. The van der Waals surface area contributed by atoms with Crippen molar-refractivity contribution in [2.45, 2.75) is 0 Å². The summed E-state index contributed by atoms with van der Waals surface area (Å²) < 4.78 is 5.49. The zero-order valence-electron chi connectivity index (χ0n) is 8.48. The van der Waals surface area contributed by atoms with Gasteiger partial charge < -0.3 is 20.6 Å². The number of phenols is 1. The summed E-state index contributed by atoms with van der Waals surface area (Å²) in [5.41, 5.74) is 5.33. The van der Waals surface area contributed by atoms with Gasteiger partial charge in [0.1, 0.15) is 15.9 Å². The van der Waals surface area contributed by atoms with Gasteiger partial charge in [-0.2, -0.15) is 0 Å². The van der Waals surface area contributed by atoms with Gasteiger partial charge in [-0.25, -0.2) is 4.98 Å². The molecule has 0 aliphatic heterocycles. The molecule has 0 saturated heterocycles. The van der Waals surface area contributed by atoms with Crippen molar-refractivity contribution in [1.29, 1.82) is 0 Å². The van der Waals surface area contributed by atoms with E-state index in [0.29, 0.717) is 0 Å². The molecule has 0 unspecified atom stereocenters. The molecule has 17 heavy (non-hydrogen) atoms. The van der Waals surface area contributed by atoms with Gasteiger partial charge in [0.25, 0.3) is 5.56 Å². The predicted molar refractivity (Wildman–Crippen MR) is 65.2 cm³/mol. The Labute approximate surface area is 104 Å². The Hall–Kier alpha value is -2.02. The molecule has 0 radical (unpaired) electrons. The molecule has 7 heteroatoms. The van der Waals surface area contributed by atoms with E-state index in [2.05, 4.69) is 25.9 Å². The van der Waals surface area contributed by atoms with Crippen LogP contribution in [0.1, 0.15) is 0 Å². The standard InChI is InChI=1S/C10H8BrN3O3/c11-7-9(16)13-4-14-10(7)17-6-3-1-2-5(15)8(6)12/h1-4,15H,12H2,(H,13,14,16). The van der Waals surface area contributed by atoms with E-state index in [1.165, 1.54) is 12.4 Å². The van der Waals surface area contributed by atoms with Crippen molar-refractivity contribution in [3.05, 3.63) is 39.4 Å². The second kappa shape index (κ2) is 4.46. The normalized spacial score (nSPS) is 10.2. The van der Waals surface area contributed by atoms with E-state index in [1.54, 1.807) is 12.1 Å². The van der Waals surface area contributed by atoms with Gasteiger partial charge >= 0.3 is 0 Å². The lowest BCUT2D eigenvalue weighted by Crippen LogP contribution is -2.08. The molecule has 1 aromatic heterocycles. The van der Waals surface area contributed by atoms with Crippen molar-refractivity contribution >= 4 is 21.6 Å². The van der Waals surface area contributed by atoms with Crippen molar-refractivity contribution in [2.24, 2.45) is 0 Å². The minimum atomic E-state index is -0.367. The van der Waals surface area contributed by atoms with Crippen LogP contribution in [-0.4, -0.2) is 15.1 Å². The third kappa shape index (κ3) is 2.23. The summed E-state index contributed by atoms with van der Waals surface area (Å²) in [7, 11) is 0. The molecular weight excluding hydrogens is 290 g/mol. The molecule has 0 spiro atoms. The summed E-state index contributed by atoms with van der Waals surface area (Å²) in [5.74, 6) is 0.207.